The van der Waals surface area contributed by atoms with Crippen LogP contribution in [0, 0.1) is 0 Å². The van der Waals surface area contributed by atoms with E-state index < -0.39 is 5.72 Å². The van der Waals surface area contributed by atoms with Crippen molar-refractivity contribution in [1.29, 1.82) is 0 Å². The van der Waals surface area contributed by atoms with E-state index in [-0.39, 0.29) is 5.41 Å². The zero-order chi connectivity index (χ0) is 16.2. The highest BCUT2D eigenvalue weighted by Gasteiger charge is 2.61. The van der Waals surface area contributed by atoms with Gasteiger partial charge in [-0.15, -0.1) is 0 Å². The monoisotopic (exact) mass is 370 g/mol. The van der Waals surface area contributed by atoms with Gasteiger partial charge in [-0.05, 0) is 43.2 Å². The minimum Gasteiger partial charge on any atom is -0.366 e. The van der Waals surface area contributed by atoms with Crippen molar-refractivity contribution in [1.82, 2.24) is 0 Å². The van der Waals surface area contributed by atoms with Gasteiger partial charge in [-0.25, -0.2) is 0 Å². The van der Waals surface area contributed by atoms with E-state index in [9.17, 15) is 0 Å². The summed E-state index contributed by atoms with van der Waals surface area (Å²) in [6, 6.07) is 16.8. The summed E-state index contributed by atoms with van der Waals surface area (Å²) < 4.78 is 1.07. The Kier molecular flexibility index (Phi) is 3.11. The summed E-state index contributed by atoms with van der Waals surface area (Å²) in [4.78, 5) is 8.36. The van der Waals surface area contributed by atoms with Crippen LogP contribution >= 0.6 is 15.9 Å². The lowest BCUT2D eigenvalue weighted by molar-refractivity contribution is -0.0591. The van der Waals surface area contributed by atoms with Crippen molar-refractivity contribution in [2.45, 2.75) is 31.4 Å². The summed E-state index contributed by atoms with van der Waals surface area (Å²) in [5, 5.41) is 4.46. The van der Waals surface area contributed by atoms with Crippen LogP contribution in [0.15, 0.2) is 58.2 Å². The fraction of sp³-hybridized carbons (Fsp3) is 0.316. The molecule has 2 aromatic rings. The first-order valence-corrected chi connectivity index (χ1v) is 8.59. The number of rotatable bonds is 1. The van der Waals surface area contributed by atoms with Gasteiger partial charge in [0.15, 0.2) is 0 Å². The second-order valence-corrected chi connectivity index (χ2v) is 7.71. The van der Waals surface area contributed by atoms with Crippen molar-refractivity contribution < 1.29 is 4.84 Å². The second kappa shape index (κ2) is 4.84. The normalized spacial score (nSPS) is 24.5. The number of anilines is 1. The standard InChI is InChI=1S/C19H19BrN2O/c1-18(2)15-6-4-5-7-17(15)22(3)19(18)12-16(21-23-19)13-8-10-14(20)11-9-13/h4-11H,12H2,1-3H3/t19-/m1/s1. The number of hydrogen-bond acceptors (Lipinski definition) is 3. The highest BCUT2D eigenvalue weighted by atomic mass is 79.9. The van der Waals surface area contributed by atoms with Crippen LogP contribution in [-0.2, 0) is 10.3 Å². The molecule has 0 N–H and O–H groups in total. The van der Waals surface area contributed by atoms with Crippen molar-refractivity contribution >= 4 is 27.3 Å². The van der Waals surface area contributed by atoms with E-state index >= 15 is 0 Å². The molecule has 4 rings (SSSR count). The van der Waals surface area contributed by atoms with Crippen molar-refractivity contribution in [2.24, 2.45) is 5.16 Å². The van der Waals surface area contributed by atoms with E-state index in [1.54, 1.807) is 0 Å². The van der Waals surface area contributed by atoms with Crippen LogP contribution in [0.1, 0.15) is 31.4 Å². The molecular formula is C19H19BrN2O. The van der Waals surface area contributed by atoms with Gasteiger partial charge in [-0.3, -0.25) is 0 Å². The molecule has 1 atom stereocenters. The van der Waals surface area contributed by atoms with E-state index in [2.05, 4.69) is 83.3 Å². The smallest absolute Gasteiger partial charge is 0.224 e. The minimum absolute atomic E-state index is 0.140. The largest absolute Gasteiger partial charge is 0.366 e. The summed E-state index contributed by atoms with van der Waals surface area (Å²) in [5.41, 5.74) is 4.06. The molecule has 0 fully saturated rings. The Balaban J connectivity index is 1.73. The predicted molar refractivity (Wildman–Crippen MR) is 97.0 cm³/mol. The molecule has 1 spiro atoms. The topological polar surface area (TPSA) is 24.8 Å². The average Bonchev–Trinajstić information content (AvgIpc) is 3.07. The Bertz CT molecular complexity index is 797. The van der Waals surface area contributed by atoms with Crippen LogP contribution in [0.5, 0.6) is 0 Å². The summed E-state index contributed by atoms with van der Waals surface area (Å²) in [6.07, 6.45) is 0.771. The highest BCUT2D eigenvalue weighted by molar-refractivity contribution is 9.10. The molecule has 118 valence electrons. The maximum absolute atomic E-state index is 6.11. The third-order valence-corrected chi connectivity index (χ3v) is 5.88. The van der Waals surface area contributed by atoms with E-state index in [1.807, 2.05) is 12.1 Å². The Morgan fingerprint density at radius 3 is 2.48 bits per heavy atom. The molecule has 23 heavy (non-hydrogen) atoms. The van der Waals surface area contributed by atoms with Gasteiger partial charge in [-0.2, -0.15) is 0 Å². The Labute approximate surface area is 145 Å². The zero-order valence-electron chi connectivity index (χ0n) is 13.5. The number of fused-ring (bicyclic) bond motifs is 1. The minimum atomic E-state index is -0.459. The Hall–Kier alpha value is -1.81. The lowest BCUT2D eigenvalue weighted by Crippen LogP contribution is -2.54. The van der Waals surface area contributed by atoms with Crippen LogP contribution in [-0.4, -0.2) is 18.5 Å². The fourth-order valence-corrected chi connectivity index (χ4v) is 4.12. The first kappa shape index (κ1) is 14.8. The number of para-hydroxylation sites is 1. The maximum atomic E-state index is 6.11. The maximum Gasteiger partial charge on any atom is 0.224 e. The number of likely N-dealkylation sites (N-methyl/N-ethyl adjacent to an activating group) is 1. The Morgan fingerprint density at radius 2 is 1.78 bits per heavy atom. The first-order valence-electron chi connectivity index (χ1n) is 7.80. The summed E-state index contributed by atoms with van der Waals surface area (Å²) >= 11 is 3.48. The number of halogens is 1. The quantitative estimate of drug-likeness (QED) is 0.726. The van der Waals surface area contributed by atoms with Gasteiger partial charge in [0.1, 0.15) is 0 Å². The van der Waals surface area contributed by atoms with E-state index in [1.165, 1.54) is 11.3 Å². The van der Waals surface area contributed by atoms with Crippen LogP contribution in [0.3, 0.4) is 0 Å². The number of oxime groups is 1. The first-order chi connectivity index (χ1) is 11.0. The molecule has 0 radical (unpaired) electrons. The van der Waals surface area contributed by atoms with Gasteiger partial charge < -0.3 is 9.74 Å². The highest BCUT2D eigenvalue weighted by Crippen LogP contribution is 2.55. The summed E-state index contributed by atoms with van der Waals surface area (Å²) in [5.74, 6) is 0. The van der Waals surface area contributed by atoms with Crippen LogP contribution in [0.25, 0.3) is 0 Å². The molecule has 0 bridgehead atoms. The van der Waals surface area contributed by atoms with Gasteiger partial charge in [0.2, 0.25) is 5.72 Å². The molecule has 4 heteroatoms. The van der Waals surface area contributed by atoms with Crippen LogP contribution in [0.4, 0.5) is 5.69 Å². The van der Waals surface area contributed by atoms with E-state index in [4.69, 9.17) is 4.84 Å². The van der Waals surface area contributed by atoms with Gasteiger partial charge >= 0.3 is 0 Å². The SMILES string of the molecule is CN1c2ccccc2C(C)(C)[C@]12CC(c1ccc(Br)cc1)=NO2. The van der Waals surface area contributed by atoms with Crippen molar-refractivity contribution in [3.05, 3.63) is 64.1 Å². The van der Waals surface area contributed by atoms with Gasteiger partial charge in [0, 0.05) is 17.2 Å². The Morgan fingerprint density at radius 1 is 1.09 bits per heavy atom. The van der Waals surface area contributed by atoms with E-state index in [0.717, 1.165) is 22.2 Å². The number of hydrogen-bond donors (Lipinski definition) is 0. The third kappa shape index (κ3) is 1.91. The van der Waals surface area contributed by atoms with Crippen molar-refractivity contribution in [3.63, 3.8) is 0 Å². The summed E-state index contributed by atoms with van der Waals surface area (Å²) in [6.45, 7) is 4.49. The lowest BCUT2D eigenvalue weighted by atomic mass is 9.75. The molecule has 0 aliphatic carbocycles. The molecule has 0 saturated heterocycles. The number of nitrogens with zero attached hydrogens (tertiary/aromatic N) is 2. The fourth-order valence-electron chi connectivity index (χ4n) is 3.85. The molecule has 0 aromatic heterocycles. The molecule has 2 heterocycles. The zero-order valence-corrected chi connectivity index (χ0v) is 15.1. The molecule has 0 unspecified atom stereocenters. The molecule has 2 aliphatic heterocycles. The van der Waals surface area contributed by atoms with Crippen molar-refractivity contribution in [2.75, 3.05) is 11.9 Å². The molecule has 0 saturated carbocycles. The summed E-state index contributed by atoms with van der Waals surface area (Å²) in [7, 11) is 2.10. The lowest BCUT2D eigenvalue weighted by Gasteiger charge is -2.40. The number of benzene rings is 2. The van der Waals surface area contributed by atoms with Crippen molar-refractivity contribution in [3.8, 4) is 0 Å². The molecule has 2 aliphatic rings. The predicted octanol–water partition coefficient (Wildman–Crippen LogP) is 4.70. The molecule has 0 amide bonds. The van der Waals surface area contributed by atoms with Gasteiger partial charge in [0.25, 0.3) is 0 Å². The third-order valence-electron chi connectivity index (χ3n) is 5.35. The van der Waals surface area contributed by atoms with Gasteiger partial charge in [-0.1, -0.05) is 51.4 Å². The molecular weight excluding hydrogens is 352 g/mol. The van der Waals surface area contributed by atoms with E-state index in [0.29, 0.717) is 0 Å². The molecule has 2 aromatic carbocycles. The van der Waals surface area contributed by atoms with Crippen LogP contribution in [0.2, 0.25) is 0 Å². The average molecular weight is 371 g/mol. The molecule has 3 nitrogen and oxygen atoms in total. The van der Waals surface area contributed by atoms with Crippen LogP contribution < -0.4 is 4.90 Å². The van der Waals surface area contributed by atoms with Gasteiger partial charge in [0.05, 0.1) is 17.5 Å². The second-order valence-electron chi connectivity index (χ2n) is 6.80.